The molecule has 10 atom stereocenters. The molecule has 2 heterocycles. The van der Waals surface area contributed by atoms with E-state index in [9.17, 15) is 49.2 Å². The van der Waals surface area contributed by atoms with E-state index < -0.39 is 107 Å². The lowest BCUT2D eigenvalue weighted by atomic mass is 9.72. The van der Waals surface area contributed by atoms with Crippen LogP contribution in [0.3, 0.4) is 0 Å². The number of hydrogen-bond acceptors (Lipinski definition) is 14. The lowest BCUT2D eigenvalue weighted by molar-refractivity contribution is -0.153. The summed E-state index contributed by atoms with van der Waals surface area (Å²) in [5.74, 6) is -7.40. The van der Waals surface area contributed by atoms with Crippen LogP contribution >= 0.6 is 23.1 Å². The summed E-state index contributed by atoms with van der Waals surface area (Å²) in [6.07, 6.45) is -3.09. The summed E-state index contributed by atoms with van der Waals surface area (Å²) in [5.41, 5.74) is 3.47. The van der Waals surface area contributed by atoms with Gasteiger partial charge in [-0.1, -0.05) is 34.1 Å². The second-order valence-electron chi connectivity index (χ2n) is 15.5. The molecule has 9 unspecified atom stereocenters. The summed E-state index contributed by atoms with van der Waals surface area (Å²) in [5, 5.41) is 73.2. The third-order valence-electron chi connectivity index (χ3n) is 10.3. The van der Waals surface area contributed by atoms with Gasteiger partial charge in [0.05, 0.1) is 33.9 Å². The van der Waals surface area contributed by atoms with Gasteiger partial charge in [0.15, 0.2) is 6.10 Å². The van der Waals surface area contributed by atoms with Gasteiger partial charge in [0.1, 0.15) is 30.5 Å². The molecule has 1 aliphatic rings. The first kappa shape index (κ1) is 48.7. The average Bonchev–Trinajstić information content (AvgIpc) is 3.54. The first-order chi connectivity index (χ1) is 25.9. The molecule has 1 aromatic heterocycles. The molecule has 1 fully saturated rings. The Kier molecular flexibility index (Phi) is 18.6. The number of carbonyl (C=O) groups is 6. The Hall–Kier alpha value is -3.46. The SMILES string of the molecule is C/C(=C/c1csc(C)n1)C1CC(SCC(NC(=O)CCC(N)C(=O)O)C(=O)NCC(=O)O)[C@](C)(O)CCCC(C)C(O)C(C)C(=O)C(C)(C)C(O)C(O)C(=O)N1. The Morgan fingerprint density at radius 3 is 2.36 bits per heavy atom. The molecular formula is C37H59N5O12S2. The van der Waals surface area contributed by atoms with Crippen molar-refractivity contribution in [1.82, 2.24) is 20.9 Å². The topological polar surface area (TPSA) is 299 Å². The number of aliphatic hydroxyl groups excluding tert-OH is 3. The van der Waals surface area contributed by atoms with Gasteiger partial charge in [-0.05, 0) is 64.0 Å². The molecular weight excluding hydrogens is 771 g/mol. The Labute approximate surface area is 335 Å². The molecule has 0 aliphatic carbocycles. The number of ketones is 1. The minimum atomic E-state index is -2.08. The van der Waals surface area contributed by atoms with Crippen LogP contribution < -0.4 is 21.7 Å². The molecule has 0 radical (unpaired) electrons. The van der Waals surface area contributed by atoms with E-state index in [1.54, 1.807) is 32.2 Å². The maximum Gasteiger partial charge on any atom is 0.322 e. The van der Waals surface area contributed by atoms with Crippen LogP contribution in [0.15, 0.2) is 11.0 Å². The Morgan fingerprint density at radius 1 is 1.14 bits per heavy atom. The first-order valence-electron chi connectivity index (χ1n) is 18.5. The quantitative estimate of drug-likeness (QED) is 0.130. The van der Waals surface area contributed by atoms with E-state index in [-0.39, 0.29) is 31.4 Å². The van der Waals surface area contributed by atoms with E-state index in [0.29, 0.717) is 24.1 Å². The molecule has 1 aromatic rings. The highest BCUT2D eigenvalue weighted by atomic mass is 32.2. The molecule has 0 spiro atoms. The Balaban J connectivity index is 2.62. The maximum absolute atomic E-state index is 13.7. The van der Waals surface area contributed by atoms with Crippen LogP contribution in [0.2, 0.25) is 0 Å². The second kappa shape index (κ2) is 21.3. The zero-order valence-corrected chi connectivity index (χ0v) is 34.6. The number of amides is 3. The highest BCUT2D eigenvalue weighted by Crippen LogP contribution is 2.36. The lowest BCUT2D eigenvalue weighted by Crippen LogP contribution is -2.55. The molecule has 17 nitrogen and oxygen atoms in total. The van der Waals surface area contributed by atoms with Crippen molar-refractivity contribution in [2.45, 2.75) is 134 Å². The van der Waals surface area contributed by atoms with E-state index in [1.165, 1.54) is 32.1 Å². The molecule has 3 amide bonds. The number of thiazole rings is 1. The van der Waals surface area contributed by atoms with Gasteiger partial charge >= 0.3 is 11.9 Å². The number of rotatable bonds is 13. The summed E-state index contributed by atoms with van der Waals surface area (Å²) in [6.45, 7) is 10.4. The summed E-state index contributed by atoms with van der Waals surface area (Å²) in [6, 6.07) is -3.61. The molecule has 19 heteroatoms. The number of thioether (sulfide) groups is 1. The Morgan fingerprint density at radius 2 is 1.79 bits per heavy atom. The van der Waals surface area contributed by atoms with Crippen LogP contribution in [0.1, 0.15) is 90.8 Å². The van der Waals surface area contributed by atoms with Crippen molar-refractivity contribution < 1.29 is 59.4 Å². The number of nitrogens with zero attached hydrogens (tertiary/aromatic N) is 1. The number of nitrogens with one attached hydrogen (secondary N) is 3. The number of nitrogens with two attached hydrogens (primary N) is 1. The zero-order valence-electron chi connectivity index (χ0n) is 33.0. The number of aliphatic carboxylic acids is 2. The van der Waals surface area contributed by atoms with E-state index in [2.05, 4.69) is 20.9 Å². The van der Waals surface area contributed by atoms with Crippen LogP contribution in [0.4, 0.5) is 0 Å². The highest BCUT2D eigenvalue weighted by molar-refractivity contribution is 8.00. The minimum Gasteiger partial charge on any atom is -0.480 e. The predicted octanol–water partition coefficient (Wildman–Crippen LogP) is 0.594. The van der Waals surface area contributed by atoms with Gasteiger partial charge < -0.3 is 52.3 Å². The third kappa shape index (κ3) is 14.2. The van der Waals surface area contributed by atoms with Crippen molar-refractivity contribution in [3.05, 3.63) is 21.7 Å². The number of carboxylic acids is 2. The summed E-state index contributed by atoms with van der Waals surface area (Å²) in [4.78, 5) is 80.2. The van der Waals surface area contributed by atoms with E-state index >= 15 is 0 Å². The fourth-order valence-electron chi connectivity index (χ4n) is 6.50. The number of carbonyl (C=O) groups excluding carboxylic acids is 4. The zero-order chi connectivity index (χ0) is 42.7. The fraction of sp³-hybridized carbons (Fsp3) is 0.703. The molecule has 1 saturated heterocycles. The van der Waals surface area contributed by atoms with Gasteiger partial charge in [-0.2, -0.15) is 11.8 Å². The van der Waals surface area contributed by atoms with Gasteiger partial charge in [-0.3, -0.25) is 28.8 Å². The summed E-state index contributed by atoms with van der Waals surface area (Å²) >= 11 is 2.46. The van der Waals surface area contributed by atoms with Crippen molar-refractivity contribution in [2.75, 3.05) is 12.3 Å². The number of hydrogen-bond donors (Lipinski definition) is 10. The number of carboxylic acid groups (broad SMARTS) is 2. The molecule has 0 aromatic carbocycles. The smallest absolute Gasteiger partial charge is 0.322 e. The summed E-state index contributed by atoms with van der Waals surface area (Å²) < 4.78 is 0. The molecule has 11 N–H and O–H groups in total. The average molecular weight is 830 g/mol. The highest BCUT2D eigenvalue weighted by Gasteiger charge is 2.46. The predicted molar refractivity (Wildman–Crippen MR) is 210 cm³/mol. The molecule has 0 bridgehead atoms. The van der Waals surface area contributed by atoms with Crippen molar-refractivity contribution >= 4 is 64.6 Å². The largest absolute Gasteiger partial charge is 0.480 e. The van der Waals surface area contributed by atoms with Gasteiger partial charge in [0.25, 0.3) is 5.91 Å². The van der Waals surface area contributed by atoms with Crippen LogP contribution in [0.25, 0.3) is 6.08 Å². The van der Waals surface area contributed by atoms with Gasteiger partial charge in [0, 0.05) is 28.7 Å². The molecule has 56 heavy (non-hydrogen) atoms. The van der Waals surface area contributed by atoms with E-state index in [4.69, 9.17) is 15.9 Å². The molecule has 0 saturated carbocycles. The van der Waals surface area contributed by atoms with Crippen LogP contribution in [0.5, 0.6) is 0 Å². The van der Waals surface area contributed by atoms with E-state index in [1.807, 2.05) is 6.92 Å². The van der Waals surface area contributed by atoms with Gasteiger partial charge in [-0.15, -0.1) is 11.3 Å². The molecule has 1 aliphatic heterocycles. The third-order valence-corrected chi connectivity index (χ3v) is 12.8. The molecule has 316 valence electrons. The fourth-order valence-corrected chi connectivity index (χ4v) is 8.54. The van der Waals surface area contributed by atoms with Crippen LogP contribution in [-0.2, 0) is 28.8 Å². The number of Topliss-reactive ketones (excluding diaryl/α,β-unsaturated/α-hetero) is 1. The van der Waals surface area contributed by atoms with Gasteiger partial charge in [0.2, 0.25) is 11.8 Å². The normalized spacial score (nSPS) is 29.4. The summed E-state index contributed by atoms with van der Waals surface area (Å²) in [7, 11) is 0. The maximum atomic E-state index is 13.7. The van der Waals surface area contributed by atoms with Crippen molar-refractivity contribution in [3.8, 4) is 0 Å². The van der Waals surface area contributed by atoms with E-state index in [0.717, 1.165) is 16.8 Å². The van der Waals surface area contributed by atoms with Crippen molar-refractivity contribution in [3.63, 3.8) is 0 Å². The first-order valence-corrected chi connectivity index (χ1v) is 20.4. The van der Waals surface area contributed by atoms with Crippen molar-refractivity contribution in [2.24, 2.45) is 23.0 Å². The van der Waals surface area contributed by atoms with Crippen LogP contribution in [-0.4, -0.2) is 131 Å². The lowest BCUT2D eigenvalue weighted by Gasteiger charge is -2.39. The van der Waals surface area contributed by atoms with Crippen LogP contribution in [0, 0.1) is 24.2 Å². The van der Waals surface area contributed by atoms with Gasteiger partial charge in [-0.25, -0.2) is 4.98 Å². The minimum absolute atomic E-state index is 0.0277. The Bertz CT molecular complexity index is 1580. The monoisotopic (exact) mass is 829 g/mol. The number of aliphatic hydroxyl groups is 4. The second-order valence-corrected chi connectivity index (χ2v) is 17.8. The number of aryl methyl sites for hydroxylation is 1. The molecule has 2 rings (SSSR count). The van der Waals surface area contributed by atoms with Crippen molar-refractivity contribution in [1.29, 1.82) is 0 Å². The number of aromatic nitrogens is 1. The standard InChI is InChI=1S/C37H59N5O12S2/c1-18-9-8-12-37(7,54)26(56-17-25(33(50)39-15-28(44)45)41-27(43)11-10-23(38)35(52)53)14-24(19(2)13-22-16-55-21(4)40-22)42-34(51)30(47)32(49)36(5,6)31(48)20(3)29(18)46/h13,16,18,20,23-26,29-30,32,46-47,49,54H,8-12,14-15,17,38H2,1-7H3,(H,39,50)(H,41,43)(H,42,51)(H,44,45)(H,52,53)/b19-13-/t18?,20?,23?,24?,25?,26?,29?,30?,32?,37-/m1/s1.